The molecule has 2 heterocycles. The largest absolute Gasteiger partial charge is 0.459 e. The molecule has 0 spiro atoms. The predicted molar refractivity (Wildman–Crippen MR) is 65.9 cm³/mol. The van der Waals surface area contributed by atoms with Crippen LogP contribution in [-0.2, 0) is 0 Å². The lowest BCUT2D eigenvalue weighted by atomic mass is 10.3. The van der Waals surface area contributed by atoms with Crippen molar-refractivity contribution in [3.05, 3.63) is 35.2 Å². The maximum atomic E-state index is 11.6. The van der Waals surface area contributed by atoms with E-state index in [-0.39, 0.29) is 11.7 Å². The zero-order valence-corrected chi connectivity index (χ0v) is 10.2. The van der Waals surface area contributed by atoms with Gasteiger partial charge >= 0.3 is 0 Å². The van der Waals surface area contributed by atoms with E-state index in [0.717, 1.165) is 10.6 Å². The minimum absolute atomic E-state index is 0.254. The van der Waals surface area contributed by atoms with E-state index in [9.17, 15) is 4.79 Å². The molecular weight excluding hydrogens is 238 g/mol. The number of carbonyl (C=O) groups is 1. The number of hydrogen-bond donors (Lipinski definition) is 1. The maximum absolute atomic E-state index is 11.6. The quantitative estimate of drug-likeness (QED) is 0.908. The molecule has 2 aromatic heterocycles. The minimum Gasteiger partial charge on any atom is -0.459 e. The highest BCUT2D eigenvalue weighted by Gasteiger charge is 2.12. The molecule has 1 amide bonds. The van der Waals surface area contributed by atoms with Crippen molar-refractivity contribution in [1.82, 2.24) is 10.2 Å². The third-order valence-electron chi connectivity index (χ3n) is 2.16. The number of aromatic nitrogens is 2. The molecule has 0 radical (unpaired) electrons. The van der Waals surface area contributed by atoms with Crippen molar-refractivity contribution < 1.29 is 9.21 Å². The Kier molecular flexibility index (Phi) is 3.34. The first-order chi connectivity index (χ1) is 8.20. The fourth-order valence-electron chi connectivity index (χ4n) is 1.12. The summed E-state index contributed by atoms with van der Waals surface area (Å²) in [6, 6.07) is 3.25. The molecule has 0 aliphatic rings. The summed E-state index contributed by atoms with van der Waals surface area (Å²) in [5, 5.41) is 11.7. The summed E-state index contributed by atoms with van der Waals surface area (Å²) in [4.78, 5) is 11.6. The Morgan fingerprint density at radius 2 is 2.35 bits per heavy atom. The molecule has 0 bridgehead atoms. The third-order valence-corrected chi connectivity index (χ3v) is 3.13. The molecule has 1 N–H and O–H groups in total. The van der Waals surface area contributed by atoms with Crippen molar-refractivity contribution in [1.29, 1.82) is 0 Å². The summed E-state index contributed by atoms with van der Waals surface area (Å²) >= 11 is 1.33. The van der Waals surface area contributed by atoms with Crippen molar-refractivity contribution in [2.45, 2.75) is 13.8 Å². The average molecular weight is 249 g/mol. The number of rotatable bonds is 3. The van der Waals surface area contributed by atoms with Gasteiger partial charge in [-0.3, -0.25) is 10.1 Å². The van der Waals surface area contributed by atoms with Crippen LogP contribution in [-0.4, -0.2) is 16.1 Å². The van der Waals surface area contributed by atoms with E-state index in [2.05, 4.69) is 15.5 Å². The molecule has 0 fully saturated rings. The molecule has 0 unspecified atom stereocenters. The standard InChI is InChI=1S/C11H11N3O2S/c1-3-7(2)10-13-14-11(17-10)12-9(15)8-5-4-6-16-8/h3-6H,1-2H3,(H,12,14,15)/b7-3+. The van der Waals surface area contributed by atoms with Gasteiger partial charge < -0.3 is 4.42 Å². The lowest BCUT2D eigenvalue weighted by molar-refractivity contribution is 0.0996. The summed E-state index contributed by atoms with van der Waals surface area (Å²) in [7, 11) is 0. The molecule has 5 nitrogen and oxygen atoms in total. The SMILES string of the molecule is C/C=C(\C)c1nnc(NC(=O)c2ccco2)s1. The van der Waals surface area contributed by atoms with Crippen LogP contribution in [0.2, 0.25) is 0 Å². The molecule has 0 atom stereocenters. The zero-order valence-electron chi connectivity index (χ0n) is 9.43. The van der Waals surface area contributed by atoms with Crippen molar-refractivity contribution in [3.63, 3.8) is 0 Å². The molecular formula is C11H11N3O2S. The van der Waals surface area contributed by atoms with Gasteiger partial charge in [-0.15, -0.1) is 10.2 Å². The minimum atomic E-state index is -0.323. The fraction of sp³-hybridized carbons (Fsp3) is 0.182. The van der Waals surface area contributed by atoms with Crippen LogP contribution < -0.4 is 5.32 Å². The number of nitrogens with zero attached hydrogens (tertiary/aromatic N) is 2. The predicted octanol–water partition coefficient (Wildman–Crippen LogP) is 2.81. The zero-order chi connectivity index (χ0) is 12.3. The Morgan fingerprint density at radius 1 is 1.53 bits per heavy atom. The van der Waals surface area contributed by atoms with E-state index in [1.165, 1.54) is 17.6 Å². The van der Waals surface area contributed by atoms with Gasteiger partial charge in [-0.25, -0.2) is 0 Å². The molecule has 0 aliphatic heterocycles. The van der Waals surface area contributed by atoms with Gasteiger partial charge in [0.15, 0.2) is 5.76 Å². The van der Waals surface area contributed by atoms with Gasteiger partial charge in [0.1, 0.15) is 5.01 Å². The molecule has 0 aliphatic carbocycles. The molecule has 0 aromatic carbocycles. The van der Waals surface area contributed by atoms with E-state index in [1.54, 1.807) is 12.1 Å². The highest BCUT2D eigenvalue weighted by molar-refractivity contribution is 7.16. The van der Waals surface area contributed by atoms with E-state index in [0.29, 0.717) is 5.13 Å². The van der Waals surface area contributed by atoms with Gasteiger partial charge in [0.25, 0.3) is 5.91 Å². The van der Waals surface area contributed by atoms with Crippen LogP contribution in [0.5, 0.6) is 0 Å². The van der Waals surface area contributed by atoms with Crippen molar-refractivity contribution in [3.8, 4) is 0 Å². The van der Waals surface area contributed by atoms with Crippen LogP contribution in [0.4, 0.5) is 5.13 Å². The summed E-state index contributed by atoms with van der Waals surface area (Å²) in [5.41, 5.74) is 1.03. The van der Waals surface area contributed by atoms with E-state index >= 15 is 0 Å². The average Bonchev–Trinajstić information content (AvgIpc) is 2.98. The van der Waals surface area contributed by atoms with Crippen LogP contribution in [0.1, 0.15) is 29.4 Å². The first-order valence-electron chi connectivity index (χ1n) is 5.02. The van der Waals surface area contributed by atoms with Gasteiger partial charge in [-0.2, -0.15) is 0 Å². The second kappa shape index (κ2) is 4.92. The van der Waals surface area contributed by atoms with Crippen LogP contribution >= 0.6 is 11.3 Å². The number of nitrogens with one attached hydrogen (secondary N) is 1. The van der Waals surface area contributed by atoms with Crippen LogP contribution in [0.25, 0.3) is 5.57 Å². The van der Waals surface area contributed by atoms with Crippen LogP contribution in [0.15, 0.2) is 28.9 Å². The molecule has 6 heteroatoms. The normalized spacial score (nSPS) is 11.5. The van der Waals surface area contributed by atoms with Gasteiger partial charge in [0.2, 0.25) is 5.13 Å². The Morgan fingerprint density at radius 3 is 3.00 bits per heavy atom. The molecule has 0 saturated heterocycles. The Balaban J connectivity index is 2.10. The number of carbonyl (C=O) groups excluding carboxylic acids is 1. The number of hydrogen-bond acceptors (Lipinski definition) is 5. The topological polar surface area (TPSA) is 68.0 Å². The van der Waals surface area contributed by atoms with E-state index < -0.39 is 0 Å². The Hall–Kier alpha value is -1.95. The fourth-order valence-corrected chi connectivity index (χ4v) is 1.89. The van der Waals surface area contributed by atoms with Crippen molar-refractivity contribution >= 4 is 27.9 Å². The number of allylic oxidation sites excluding steroid dienone is 2. The lowest BCUT2D eigenvalue weighted by Gasteiger charge is -1.95. The van der Waals surface area contributed by atoms with Gasteiger partial charge in [0, 0.05) is 0 Å². The number of amides is 1. The second-order valence-corrected chi connectivity index (χ2v) is 4.29. The van der Waals surface area contributed by atoms with E-state index in [4.69, 9.17) is 4.42 Å². The Labute approximate surface area is 102 Å². The summed E-state index contributed by atoms with van der Waals surface area (Å²) < 4.78 is 4.98. The summed E-state index contributed by atoms with van der Waals surface area (Å²) in [5.74, 6) is -0.0691. The monoisotopic (exact) mass is 249 g/mol. The summed E-state index contributed by atoms with van der Waals surface area (Å²) in [6.07, 6.45) is 3.39. The lowest BCUT2D eigenvalue weighted by Crippen LogP contribution is -2.10. The molecule has 2 aromatic rings. The molecule has 2 rings (SSSR count). The van der Waals surface area contributed by atoms with Gasteiger partial charge in [0.05, 0.1) is 6.26 Å². The summed E-state index contributed by atoms with van der Waals surface area (Å²) in [6.45, 7) is 3.87. The smallest absolute Gasteiger partial charge is 0.293 e. The highest BCUT2D eigenvalue weighted by Crippen LogP contribution is 2.22. The molecule has 17 heavy (non-hydrogen) atoms. The first kappa shape index (κ1) is 11.5. The number of furan rings is 1. The van der Waals surface area contributed by atoms with Gasteiger partial charge in [-0.1, -0.05) is 17.4 Å². The molecule has 88 valence electrons. The Bertz CT molecular complexity index is 543. The molecule has 0 saturated carbocycles. The first-order valence-corrected chi connectivity index (χ1v) is 5.84. The third kappa shape index (κ3) is 2.59. The van der Waals surface area contributed by atoms with E-state index in [1.807, 2.05) is 19.9 Å². The van der Waals surface area contributed by atoms with Crippen LogP contribution in [0, 0.1) is 0 Å². The van der Waals surface area contributed by atoms with Crippen molar-refractivity contribution in [2.24, 2.45) is 0 Å². The van der Waals surface area contributed by atoms with Crippen molar-refractivity contribution in [2.75, 3.05) is 5.32 Å². The maximum Gasteiger partial charge on any atom is 0.293 e. The second-order valence-electron chi connectivity index (χ2n) is 3.32. The number of anilines is 1. The van der Waals surface area contributed by atoms with Gasteiger partial charge in [-0.05, 0) is 31.6 Å². The van der Waals surface area contributed by atoms with Crippen LogP contribution in [0.3, 0.4) is 0 Å². The highest BCUT2D eigenvalue weighted by atomic mass is 32.1.